The van der Waals surface area contributed by atoms with Gasteiger partial charge in [-0.05, 0) is 37.3 Å². The first-order valence-corrected chi connectivity index (χ1v) is 8.94. The number of imidazole rings is 1. The van der Waals surface area contributed by atoms with Crippen LogP contribution in [0.4, 0.5) is 18.9 Å². The molecule has 0 aliphatic carbocycles. The van der Waals surface area contributed by atoms with E-state index in [4.69, 9.17) is 0 Å². The lowest BCUT2D eigenvalue weighted by molar-refractivity contribution is -0.137. The van der Waals surface area contributed by atoms with Gasteiger partial charge in [-0.3, -0.25) is 4.72 Å². The largest absolute Gasteiger partial charge is 0.416 e. The van der Waals surface area contributed by atoms with Crippen molar-refractivity contribution in [1.29, 1.82) is 0 Å². The second-order valence-corrected chi connectivity index (χ2v) is 7.30. The Hall–Kier alpha value is -2.81. The van der Waals surface area contributed by atoms with Crippen LogP contribution in [-0.4, -0.2) is 18.0 Å². The molecule has 26 heavy (non-hydrogen) atoms. The van der Waals surface area contributed by atoms with Crippen molar-refractivity contribution in [3.63, 3.8) is 0 Å². The summed E-state index contributed by atoms with van der Waals surface area (Å²) in [6.07, 6.45) is -0.286. The summed E-state index contributed by atoms with van der Waals surface area (Å²) in [6.45, 7) is 1.80. The number of nitrogens with one attached hydrogen (secondary N) is 1. The lowest BCUT2D eigenvalue weighted by Gasteiger charge is -2.16. The van der Waals surface area contributed by atoms with E-state index in [1.54, 1.807) is 19.1 Å². The maximum absolute atomic E-state index is 13.0. The highest BCUT2D eigenvalue weighted by Crippen LogP contribution is 2.34. The quantitative estimate of drug-likeness (QED) is 0.743. The number of halogens is 3. The van der Waals surface area contributed by atoms with E-state index in [0.29, 0.717) is 0 Å². The van der Waals surface area contributed by atoms with Crippen molar-refractivity contribution in [2.24, 2.45) is 0 Å². The van der Waals surface area contributed by atoms with E-state index in [1.165, 1.54) is 41.5 Å². The molecule has 5 nitrogen and oxygen atoms in total. The molecule has 1 N–H and O–H groups in total. The van der Waals surface area contributed by atoms with Crippen LogP contribution in [0.3, 0.4) is 0 Å². The predicted molar refractivity (Wildman–Crippen MR) is 90.6 cm³/mol. The van der Waals surface area contributed by atoms with Gasteiger partial charge >= 0.3 is 6.18 Å². The number of sulfonamides is 1. The monoisotopic (exact) mass is 381 g/mol. The number of benzene rings is 2. The number of rotatable bonds is 4. The number of hydrogen-bond donors (Lipinski definition) is 1. The molecular weight excluding hydrogens is 367 g/mol. The van der Waals surface area contributed by atoms with Gasteiger partial charge in [0, 0.05) is 12.4 Å². The highest BCUT2D eigenvalue weighted by Gasteiger charge is 2.31. The minimum Gasteiger partial charge on any atom is -0.304 e. The summed E-state index contributed by atoms with van der Waals surface area (Å²) in [5.41, 5.74) is -0.0605. The topological polar surface area (TPSA) is 64.0 Å². The van der Waals surface area contributed by atoms with Crippen molar-refractivity contribution in [3.8, 4) is 5.69 Å². The smallest absolute Gasteiger partial charge is 0.304 e. The fourth-order valence-corrected chi connectivity index (χ4v) is 3.41. The van der Waals surface area contributed by atoms with E-state index < -0.39 is 21.8 Å². The maximum atomic E-state index is 13.0. The molecule has 0 spiro atoms. The molecule has 0 atom stereocenters. The summed E-state index contributed by atoms with van der Waals surface area (Å²) in [4.78, 5) is 3.79. The third kappa shape index (κ3) is 3.72. The number of aryl methyl sites for hydroxylation is 1. The molecule has 0 amide bonds. The van der Waals surface area contributed by atoms with Crippen LogP contribution in [-0.2, 0) is 16.2 Å². The molecule has 9 heteroatoms. The third-order valence-electron chi connectivity index (χ3n) is 3.68. The molecule has 0 saturated carbocycles. The maximum Gasteiger partial charge on any atom is 0.416 e. The minimum atomic E-state index is -4.60. The van der Waals surface area contributed by atoms with Gasteiger partial charge in [-0.25, -0.2) is 13.4 Å². The van der Waals surface area contributed by atoms with Crippen LogP contribution in [0.25, 0.3) is 5.69 Å². The van der Waals surface area contributed by atoms with Crippen molar-refractivity contribution in [2.45, 2.75) is 18.0 Å². The summed E-state index contributed by atoms with van der Waals surface area (Å²) < 4.78 is 68.0. The molecule has 1 heterocycles. The van der Waals surface area contributed by atoms with E-state index in [2.05, 4.69) is 9.71 Å². The van der Waals surface area contributed by atoms with Gasteiger partial charge < -0.3 is 4.57 Å². The number of hydrogen-bond acceptors (Lipinski definition) is 3. The van der Waals surface area contributed by atoms with Gasteiger partial charge in [0.2, 0.25) is 0 Å². The summed E-state index contributed by atoms with van der Waals surface area (Å²) >= 11 is 0. The Morgan fingerprint density at radius 2 is 1.77 bits per heavy atom. The fraction of sp³-hybridized carbons (Fsp3) is 0.118. The minimum absolute atomic E-state index is 0.0444. The highest BCUT2D eigenvalue weighted by molar-refractivity contribution is 7.92. The van der Waals surface area contributed by atoms with Gasteiger partial charge in [0.05, 0.1) is 28.2 Å². The molecule has 0 aliphatic rings. The zero-order valence-corrected chi connectivity index (χ0v) is 14.3. The Morgan fingerprint density at radius 3 is 2.35 bits per heavy atom. The summed E-state index contributed by atoms with van der Waals surface area (Å²) in [6, 6.07) is 8.84. The zero-order chi connectivity index (χ0) is 18.9. The predicted octanol–water partition coefficient (Wildman–Crippen LogP) is 4.00. The molecule has 3 aromatic rings. The van der Waals surface area contributed by atoms with E-state index in [1.807, 2.05) is 0 Å². The molecule has 136 valence electrons. The highest BCUT2D eigenvalue weighted by atomic mass is 32.2. The normalized spacial score (nSPS) is 12.2. The summed E-state index contributed by atoms with van der Waals surface area (Å²) in [7, 11) is -4.06. The zero-order valence-electron chi connectivity index (χ0n) is 13.5. The van der Waals surface area contributed by atoms with Gasteiger partial charge in [0.1, 0.15) is 0 Å². The third-order valence-corrected chi connectivity index (χ3v) is 5.06. The molecule has 0 unspecified atom stereocenters. The van der Waals surface area contributed by atoms with Gasteiger partial charge in [0.25, 0.3) is 10.0 Å². The summed E-state index contributed by atoms with van der Waals surface area (Å²) in [5.74, 6) is 0. The Morgan fingerprint density at radius 1 is 1.08 bits per heavy atom. The van der Waals surface area contributed by atoms with Crippen molar-refractivity contribution in [2.75, 3.05) is 4.72 Å². The van der Waals surface area contributed by atoms with Crippen LogP contribution in [0.5, 0.6) is 0 Å². The van der Waals surface area contributed by atoms with Crippen LogP contribution in [0.2, 0.25) is 0 Å². The molecule has 1 aromatic heterocycles. The van der Waals surface area contributed by atoms with E-state index in [9.17, 15) is 21.6 Å². The van der Waals surface area contributed by atoms with Crippen LogP contribution >= 0.6 is 0 Å². The second-order valence-electron chi connectivity index (χ2n) is 5.62. The van der Waals surface area contributed by atoms with Crippen LogP contribution < -0.4 is 4.72 Å². The van der Waals surface area contributed by atoms with Crippen LogP contribution in [0.15, 0.2) is 66.1 Å². The fourth-order valence-electron chi connectivity index (χ4n) is 2.34. The Balaban J connectivity index is 2.08. The average Bonchev–Trinajstić information content (AvgIpc) is 3.08. The molecule has 3 rings (SSSR count). The van der Waals surface area contributed by atoms with Crippen LogP contribution in [0.1, 0.15) is 11.1 Å². The van der Waals surface area contributed by atoms with E-state index in [-0.39, 0.29) is 16.3 Å². The first-order chi connectivity index (χ1) is 12.2. The van der Waals surface area contributed by atoms with Gasteiger partial charge in [-0.2, -0.15) is 13.2 Å². The number of anilines is 1. The molecule has 0 fully saturated rings. The SMILES string of the molecule is Cc1ccc(S(=O)(=O)Nc2cc(C(F)(F)F)ccc2-n2ccnc2)cc1. The van der Waals surface area contributed by atoms with Crippen molar-refractivity contribution >= 4 is 15.7 Å². The lowest BCUT2D eigenvalue weighted by atomic mass is 10.1. The van der Waals surface area contributed by atoms with E-state index >= 15 is 0 Å². The molecule has 0 radical (unpaired) electrons. The number of alkyl halides is 3. The average molecular weight is 381 g/mol. The Kier molecular flexibility index (Phi) is 4.49. The van der Waals surface area contributed by atoms with E-state index in [0.717, 1.165) is 17.7 Å². The molecular formula is C17H14F3N3O2S. The van der Waals surface area contributed by atoms with Gasteiger partial charge in [0.15, 0.2) is 0 Å². The van der Waals surface area contributed by atoms with Crippen molar-refractivity contribution in [1.82, 2.24) is 9.55 Å². The van der Waals surface area contributed by atoms with Crippen LogP contribution in [0, 0.1) is 6.92 Å². The first kappa shape index (κ1) is 18.0. The molecule has 2 aromatic carbocycles. The number of nitrogens with zero attached hydrogens (tertiary/aromatic N) is 2. The summed E-state index contributed by atoms with van der Waals surface area (Å²) in [5, 5.41) is 0. The lowest BCUT2D eigenvalue weighted by Crippen LogP contribution is -2.16. The Labute approximate surface area is 148 Å². The van der Waals surface area contributed by atoms with Gasteiger partial charge in [-0.1, -0.05) is 17.7 Å². The molecule has 0 aliphatic heterocycles. The molecule has 0 bridgehead atoms. The number of aromatic nitrogens is 2. The van der Waals surface area contributed by atoms with Crippen molar-refractivity contribution < 1.29 is 21.6 Å². The standard InChI is InChI=1S/C17H14F3N3O2S/c1-12-2-5-14(6-3-12)26(24,25)22-15-10-13(17(18,19)20)4-7-16(15)23-9-8-21-11-23/h2-11,22H,1H3. The van der Waals surface area contributed by atoms with Gasteiger partial charge in [-0.15, -0.1) is 0 Å². The second kappa shape index (κ2) is 6.49. The first-order valence-electron chi connectivity index (χ1n) is 7.46. The van der Waals surface area contributed by atoms with Crippen molar-refractivity contribution in [3.05, 3.63) is 72.3 Å². The Bertz CT molecular complexity index is 1010. The molecule has 0 saturated heterocycles.